The highest BCUT2D eigenvalue weighted by atomic mass is 35.5. The normalized spacial score (nSPS) is 12.7. The van der Waals surface area contributed by atoms with E-state index in [4.69, 9.17) is 17.3 Å². The van der Waals surface area contributed by atoms with Crippen molar-refractivity contribution in [2.45, 2.75) is 19.4 Å². The average Bonchev–Trinajstić information content (AvgIpc) is 2.75. The molecule has 0 aliphatic carbocycles. The Bertz CT molecular complexity index is 479. The molecule has 1 unspecified atom stereocenters. The second-order valence-corrected chi connectivity index (χ2v) is 4.15. The van der Waals surface area contributed by atoms with Gasteiger partial charge in [-0.1, -0.05) is 30.7 Å². The van der Waals surface area contributed by atoms with Crippen LogP contribution >= 0.6 is 11.6 Å². The average molecular weight is 236 g/mol. The number of hydrogen-bond donors (Lipinski definition) is 1. The number of aromatic nitrogens is 2. The first-order valence-corrected chi connectivity index (χ1v) is 5.64. The molecule has 16 heavy (non-hydrogen) atoms. The van der Waals surface area contributed by atoms with E-state index in [0.717, 1.165) is 17.7 Å². The Kier molecular flexibility index (Phi) is 3.27. The molecule has 1 heterocycles. The Morgan fingerprint density at radius 1 is 1.50 bits per heavy atom. The summed E-state index contributed by atoms with van der Waals surface area (Å²) in [6.07, 6.45) is 4.31. The summed E-state index contributed by atoms with van der Waals surface area (Å²) in [5.41, 5.74) is 8.09. The van der Waals surface area contributed by atoms with Crippen LogP contribution in [-0.2, 0) is 0 Å². The molecule has 0 saturated heterocycles. The van der Waals surface area contributed by atoms with Crippen LogP contribution in [-0.4, -0.2) is 9.78 Å². The molecule has 3 nitrogen and oxygen atoms in total. The maximum atomic E-state index is 5.99. The summed E-state index contributed by atoms with van der Waals surface area (Å²) >= 11 is 5.83. The third-order valence-electron chi connectivity index (χ3n) is 2.55. The second kappa shape index (κ2) is 4.68. The van der Waals surface area contributed by atoms with Gasteiger partial charge in [0, 0.05) is 12.2 Å². The summed E-state index contributed by atoms with van der Waals surface area (Å²) in [6.45, 7) is 2.07. The fourth-order valence-corrected chi connectivity index (χ4v) is 1.71. The molecule has 0 bridgehead atoms. The van der Waals surface area contributed by atoms with Gasteiger partial charge in [-0.05, 0) is 24.1 Å². The maximum Gasteiger partial charge on any atom is 0.0790 e. The van der Waals surface area contributed by atoms with Gasteiger partial charge in [-0.2, -0.15) is 5.10 Å². The Morgan fingerprint density at radius 2 is 2.31 bits per heavy atom. The quantitative estimate of drug-likeness (QED) is 0.889. The van der Waals surface area contributed by atoms with E-state index in [9.17, 15) is 0 Å². The molecule has 0 amide bonds. The summed E-state index contributed by atoms with van der Waals surface area (Å²) in [6, 6.07) is 8.11. The zero-order valence-electron chi connectivity index (χ0n) is 9.10. The van der Waals surface area contributed by atoms with Crippen LogP contribution in [0.3, 0.4) is 0 Å². The van der Waals surface area contributed by atoms with Crippen LogP contribution in [0.1, 0.15) is 24.9 Å². The number of benzene rings is 1. The minimum atomic E-state index is 0.0750. The van der Waals surface area contributed by atoms with E-state index in [1.807, 2.05) is 24.3 Å². The lowest BCUT2D eigenvalue weighted by Gasteiger charge is -2.10. The molecule has 1 atom stereocenters. The van der Waals surface area contributed by atoms with Gasteiger partial charge in [-0.15, -0.1) is 0 Å². The van der Waals surface area contributed by atoms with Crippen LogP contribution in [0.4, 0.5) is 0 Å². The van der Waals surface area contributed by atoms with E-state index in [-0.39, 0.29) is 6.04 Å². The van der Waals surface area contributed by atoms with Gasteiger partial charge >= 0.3 is 0 Å². The fourth-order valence-electron chi connectivity index (χ4n) is 1.58. The highest BCUT2D eigenvalue weighted by Crippen LogP contribution is 2.18. The number of halogens is 1. The van der Waals surface area contributed by atoms with Crippen LogP contribution in [0.5, 0.6) is 0 Å². The van der Waals surface area contributed by atoms with Crippen molar-refractivity contribution < 1.29 is 0 Å². The fraction of sp³-hybridized carbons (Fsp3) is 0.250. The lowest BCUT2D eigenvalue weighted by Crippen LogP contribution is -2.09. The van der Waals surface area contributed by atoms with Gasteiger partial charge in [0.25, 0.3) is 0 Å². The highest BCUT2D eigenvalue weighted by Gasteiger charge is 2.05. The molecule has 1 aromatic heterocycles. The topological polar surface area (TPSA) is 43.8 Å². The third kappa shape index (κ3) is 2.26. The Labute approximate surface area is 99.8 Å². The van der Waals surface area contributed by atoms with Crippen LogP contribution < -0.4 is 5.73 Å². The Balaban J connectivity index is 2.36. The minimum absolute atomic E-state index is 0.0750. The van der Waals surface area contributed by atoms with Gasteiger partial charge in [0.2, 0.25) is 0 Å². The SMILES string of the molecule is CCC(N)c1cccc(-n2cc(Cl)cn2)c1. The first-order chi connectivity index (χ1) is 7.70. The predicted molar refractivity (Wildman–Crippen MR) is 65.8 cm³/mol. The predicted octanol–water partition coefficient (Wildman–Crippen LogP) is 2.94. The second-order valence-electron chi connectivity index (χ2n) is 3.71. The van der Waals surface area contributed by atoms with Crippen molar-refractivity contribution in [3.05, 3.63) is 47.2 Å². The van der Waals surface area contributed by atoms with E-state index in [0.29, 0.717) is 5.02 Å². The monoisotopic (exact) mass is 235 g/mol. The first kappa shape index (κ1) is 11.2. The summed E-state index contributed by atoms with van der Waals surface area (Å²) in [4.78, 5) is 0. The summed E-state index contributed by atoms with van der Waals surface area (Å²) in [7, 11) is 0. The number of hydrogen-bond acceptors (Lipinski definition) is 2. The molecular weight excluding hydrogens is 222 g/mol. The van der Waals surface area contributed by atoms with E-state index in [1.165, 1.54) is 0 Å². The van der Waals surface area contributed by atoms with Crippen LogP contribution in [0.25, 0.3) is 5.69 Å². The molecule has 2 rings (SSSR count). The zero-order valence-corrected chi connectivity index (χ0v) is 9.85. The van der Waals surface area contributed by atoms with Gasteiger partial charge in [-0.25, -0.2) is 4.68 Å². The van der Waals surface area contributed by atoms with Crippen molar-refractivity contribution in [1.29, 1.82) is 0 Å². The van der Waals surface area contributed by atoms with Gasteiger partial charge < -0.3 is 5.73 Å². The molecule has 2 aromatic rings. The molecule has 84 valence electrons. The van der Waals surface area contributed by atoms with Crippen molar-refractivity contribution in [2.24, 2.45) is 5.73 Å². The molecule has 0 aliphatic rings. The molecule has 0 fully saturated rings. The van der Waals surface area contributed by atoms with E-state index < -0.39 is 0 Å². The van der Waals surface area contributed by atoms with Crippen molar-refractivity contribution in [1.82, 2.24) is 9.78 Å². The van der Waals surface area contributed by atoms with Gasteiger partial charge in [0.05, 0.1) is 16.9 Å². The van der Waals surface area contributed by atoms with Crippen molar-refractivity contribution in [3.8, 4) is 5.69 Å². The highest BCUT2D eigenvalue weighted by molar-refractivity contribution is 6.30. The summed E-state index contributed by atoms with van der Waals surface area (Å²) in [5, 5.41) is 4.79. The van der Waals surface area contributed by atoms with Crippen molar-refractivity contribution in [2.75, 3.05) is 0 Å². The van der Waals surface area contributed by atoms with Crippen LogP contribution in [0.15, 0.2) is 36.7 Å². The van der Waals surface area contributed by atoms with E-state index in [2.05, 4.69) is 12.0 Å². The molecule has 2 N–H and O–H groups in total. The number of nitrogens with zero attached hydrogens (tertiary/aromatic N) is 2. The molecular formula is C12H14ClN3. The lowest BCUT2D eigenvalue weighted by molar-refractivity contribution is 0.697. The summed E-state index contributed by atoms with van der Waals surface area (Å²) in [5.74, 6) is 0. The molecule has 1 aromatic carbocycles. The van der Waals surface area contributed by atoms with Crippen LogP contribution in [0.2, 0.25) is 5.02 Å². The van der Waals surface area contributed by atoms with Crippen LogP contribution in [0, 0.1) is 0 Å². The molecule has 0 aliphatic heterocycles. The number of nitrogens with two attached hydrogens (primary N) is 1. The smallest absolute Gasteiger partial charge is 0.0790 e. The Hall–Kier alpha value is -1.32. The van der Waals surface area contributed by atoms with Gasteiger partial charge in [-0.3, -0.25) is 0 Å². The Morgan fingerprint density at radius 3 is 2.94 bits per heavy atom. The molecule has 0 saturated carbocycles. The molecule has 4 heteroatoms. The largest absolute Gasteiger partial charge is 0.324 e. The number of rotatable bonds is 3. The van der Waals surface area contributed by atoms with Gasteiger partial charge in [0.15, 0.2) is 0 Å². The van der Waals surface area contributed by atoms with E-state index >= 15 is 0 Å². The van der Waals surface area contributed by atoms with Gasteiger partial charge in [0.1, 0.15) is 0 Å². The third-order valence-corrected chi connectivity index (χ3v) is 2.75. The van der Waals surface area contributed by atoms with E-state index in [1.54, 1.807) is 17.1 Å². The first-order valence-electron chi connectivity index (χ1n) is 5.27. The molecule has 0 spiro atoms. The lowest BCUT2D eigenvalue weighted by atomic mass is 10.1. The minimum Gasteiger partial charge on any atom is -0.324 e. The van der Waals surface area contributed by atoms with Crippen molar-refractivity contribution in [3.63, 3.8) is 0 Å². The summed E-state index contributed by atoms with van der Waals surface area (Å²) < 4.78 is 1.74. The zero-order chi connectivity index (χ0) is 11.5. The molecule has 0 radical (unpaired) electrons. The van der Waals surface area contributed by atoms with Crippen molar-refractivity contribution >= 4 is 11.6 Å². The standard InChI is InChI=1S/C12H14ClN3/c1-2-12(14)9-4-3-5-11(6-9)16-8-10(13)7-15-16/h3-8,12H,2,14H2,1H3. The maximum absolute atomic E-state index is 5.99.